The van der Waals surface area contributed by atoms with Crippen LogP contribution in [0.3, 0.4) is 0 Å². The highest BCUT2D eigenvalue weighted by atomic mass is 16.5. The summed E-state index contributed by atoms with van der Waals surface area (Å²) in [6.07, 6.45) is 0.553. The number of methoxy groups -OCH3 is 1. The van der Waals surface area contributed by atoms with Crippen LogP contribution in [0.25, 0.3) is 5.76 Å². The van der Waals surface area contributed by atoms with Crippen molar-refractivity contribution in [2.45, 2.75) is 38.2 Å². The molecule has 9 nitrogen and oxygen atoms in total. The maximum atomic E-state index is 13.7. The zero-order valence-electron chi connectivity index (χ0n) is 21.4. The third kappa shape index (κ3) is 3.87. The van der Waals surface area contributed by atoms with Gasteiger partial charge < -0.3 is 30.9 Å². The van der Waals surface area contributed by atoms with Crippen LogP contribution in [0.2, 0.25) is 0 Å². The van der Waals surface area contributed by atoms with Gasteiger partial charge in [0.15, 0.2) is 11.4 Å². The molecule has 1 saturated carbocycles. The molecular weight excluding hydrogens is 502 g/mol. The Labute approximate surface area is 224 Å². The Kier molecular flexibility index (Phi) is 6.24. The number of benzene rings is 2. The lowest BCUT2D eigenvalue weighted by Gasteiger charge is -2.46. The topological polar surface area (TPSA) is 167 Å². The molecule has 0 heterocycles. The van der Waals surface area contributed by atoms with Crippen molar-refractivity contribution in [3.8, 4) is 23.3 Å². The number of carbonyl (C=O) groups is 3. The quantitative estimate of drug-likeness (QED) is 0.298. The normalized spacial score (nSPS) is 23.9. The largest absolute Gasteiger partial charge is 0.508 e. The van der Waals surface area contributed by atoms with Crippen molar-refractivity contribution in [1.29, 1.82) is 0 Å². The van der Waals surface area contributed by atoms with Gasteiger partial charge in [-0.3, -0.25) is 14.4 Å². The minimum Gasteiger partial charge on any atom is -0.508 e. The van der Waals surface area contributed by atoms with Gasteiger partial charge in [0.2, 0.25) is 5.78 Å². The molecule has 39 heavy (non-hydrogen) atoms. The van der Waals surface area contributed by atoms with E-state index >= 15 is 0 Å². The fourth-order valence-electron chi connectivity index (χ4n) is 5.99. The third-order valence-corrected chi connectivity index (χ3v) is 7.97. The number of ether oxygens (including phenoxy) is 1. The maximum Gasteiger partial charge on any atom is 0.255 e. The summed E-state index contributed by atoms with van der Waals surface area (Å²) in [5.41, 5.74) is 4.07. The predicted molar refractivity (Wildman–Crippen MR) is 140 cm³/mol. The number of nitrogens with two attached hydrogens (primary N) is 1. The van der Waals surface area contributed by atoms with Gasteiger partial charge in [-0.1, -0.05) is 18.8 Å². The molecule has 3 aliphatic rings. The number of hydrogen-bond donors (Lipinski definition) is 5. The summed E-state index contributed by atoms with van der Waals surface area (Å²) in [7, 11) is 1.56. The Morgan fingerprint density at radius 2 is 1.82 bits per heavy atom. The van der Waals surface area contributed by atoms with Crippen molar-refractivity contribution in [2.24, 2.45) is 17.6 Å². The van der Waals surface area contributed by atoms with Crippen LogP contribution in [0.4, 0.5) is 0 Å². The van der Waals surface area contributed by atoms with Crippen LogP contribution >= 0.6 is 0 Å². The number of rotatable bonds is 3. The van der Waals surface area contributed by atoms with E-state index in [9.17, 15) is 34.8 Å². The summed E-state index contributed by atoms with van der Waals surface area (Å²) < 4.78 is 5.15. The van der Waals surface area contributed by atoms with Crippen LogP contribution in [0.1, 0.15) is 47.6 Å². The number of aryl methyl sites for hydroxylation is 1. The second-order valence-corrected chi connectivity index (χ2v) is 10.0. The first-order valence-electron chi connectivity index (χ1n) is 12.5. The number of Topliss-reactive ketones (excluding diaryl/α,β-unsaturated/α-hetero) is 2. The zero-order valence-corrected chi connectivity index (χ0v) is 21.4. The Hall–Kier alpha value is -4.55. The van der Waals surface area contributed by atoms with Crippen LogP contribution in [-0.2, 0) is 27.2 Å². The Morgan fingerprint density at radius 3 is 2.44 bits per heavy atom. The molecule has 0 radical (unpaired) electrons. The summed E-state index contributed by atoms with van der Waals surface area (Å²) in [6, 6.07) is 8.78. The molecular formula is C30H27NO8. The molecule has 0 spiro atoms. The molecule has 0 saturated heterocycles. The van der Waals surface area contributed by atoms with Crippen molar-refractivity contribution >= 4 is 23.2 Å². The molecule has 3 atom stereocenters. The number of primary amides is 1. The molecule has 200 valence electrons. The highest BCUT2D eigenvalue weighted by Crippen LogP contribution is 2.52. The smallest absolute Gasteiger partial charge is 0.255 e. The van der Waals surface area contributed by atoms with E-state index in [-0.39, 0.29) is 41.7 Å². The van der Waals surface area contributed by atoms with Crippen molar-refractivity contribution in [3.63, 3.8) is 0 Å². The van der Waals surface area contributed by atoms with Gasteiger partial charge in [-0.25, -0.2) is 0 Å². The highest BCUT2D eigenvalue weighted by molar-refractivity contribution is 6.22. The molecule has 6 N–H and O–H groups in total. The molecule has 0 bridgehead atoms. The summed E-state index contributed by atoms with van der Waals surface area (Å²) in [5.74, 6) is 0.0391. The van der Waals surface area contributed by atoms with Gasteiger partial charge in [-0.05, 0) is 66.6 Å². The summed E-state index contributed by atoms with van der Waals surface area (Å²) >= 11 is 0. The average molecular weight is 530 g/mol. The minimum absolute atomic E-state index is 0.0421. The van der Waals surface area contributed by atoms with E-state index in [1.165, 1.54) is 0 Å². The van der Waals surface area contributed by atoms with Crippen molar-refractivity contribution in [1.82, 2.24) is 0 Å². The number of amides is 1. The number of aliphatic hydroxyl groups is 3. The SMILES string of the molecule is CCc1cc(C#Cc2ccc(OC)cc2)c(O)c2c1C[C@H]1C[C@H]3CC(=O)C(C(N)=O)=C(O)[C@@]3(O)C(=O)C1=C2O. The molecule has 1 fully saturated rings. The number of aliphatic hydroxyl groups excluding tert-OH is 2. The van der Waals surface area contributed by atoms with E-state index in [0.29, 0.717) is 23.3 Å². The van der Waals surface area contributed by atoms with E-state index in [2.05, 4.69) is 11.8 Å². The number of carbonyl (C=O) groups excluding carboxylic acids is 3. The van der Waals surface area contributed by atoms with Gasteiger partial charge in [-0.15, -0.1) is 0 Å². The van der Waals surface area contributed by atoms with Crippen molar-refractivity contribution < 1.29 is 39.5 Å². The number of phenolic OH excluding ortho intramolecular Hbond substituents is 1. The fourth-order valence-corrected chi connectivity index (χ4v) is 5.99. The number of hydrogen-bond acceptors (Lipinski definition) is 8. The van der Waals surface area contributed by atoms with E-state index in [4.69, 9.17) is 10.5 Å². The third-order valence-electron chi connectivity index (χ3n) is 7.97. The number of phenols is 1. The predicted octanol–water partition coefficient (Wildman–Crippen LogP) is 2.39. The van der Waals surface area contributed by atoms with Gasteiger partial charge in [0, 0.05) is 23.5 Å². The van der Waals surface area contributed by atoms with Gasteiger partial charge in [0.1, 0.15) is 28.6 Å². The Morgan fingerprint density at radius 1 is 1.13 bits per heavy atom. The van der Waals surface area contributed by atoms with Crippen LogP contribution in [0.5, 0.6) is 11.5 Å². The first-order chi connectivity index (χ1) is 18.5. The van der Waals surface area contributed by atoms with Gasteiger partial charge in [-0.2, -0.15) is 0 Å². The van der Waals surface area contributed by atoms with Gasteiger partial charge in [0.25, 0.3) is 5.91 Å². The van der Waals surface area contributed by atoms with Gasteiger partial charge >= 0.3 is 0 Å². The second-order valence-electron chi connectivity index (χ2n) is 10.0. The van der Waals surface area contributed by atoms with Gasteiger partial charge in [0.05, 0.1) is 18.2 Å². The second kappa shape index (κ2) is 9.33. The zero-order chi connectivity index (χ0) is 28.2. The lowest BCUT2D eigenvalue weighted by Crippen LogP contribution is -2.58. The lowest BCUT2D eigenvalue weighted by molar-refractivity contribution is -0.147. The van der Waals surface area contributed by atoms with Crippen LogP contribution in [0, 0.1) is 23.7 Å². The van der Waals surface area contributed by atoms with E-state index in [1.54, 1.807) is 37.4 Å². The summed E-state index contributed by atoms with van der Waals surface area (Å²) in [4.78, 5) is 38.0. The summed E-state index contributed by atoms with van der Waals surface area (Å²) in [5, 5.41) is 44.7. The number of ketones is 2. The minimum atomic E-state index is -2.59. The van der Waals surface area contributed by atoms with Crippen LogP contribution in [-0.4, -0.2) is 50.6 Å². The van der Waals surface area contributed by atoms with Crippen LogP contribution < -0.4 is 10.5 Å². The molecule has 9 heteroatoms. The molecule has 2 aromatic carbocycles. The lowest BCUT2D eigenvalue weighted by atomic mass is 9.59. The fraction of sp³-hybridized carbons (Fsp3) is 0.300. The van der Waals surface area contributed by atoms with Crippen LogP contribution in [0.15, 0.2) is 47.2 Å². The molecule has 5 rings (SSSR count). The maximum absolute atomic E-state index is 13.7. The number of aromatic hydroxyl groups is 1. The molecule has 3 aliphatic carbocycles. The Balaban J connectivity index is 1.65. The molecule has 2 aromatic rings. The Bertz CT molecular complexity index is 1570. The first kappa shape index (κ1) is 26.1. The van der Waals surface area contributed by atoms with Crippen molar-refractivity contribution in [3.05, 3.63) is 75.1 Å². The highest BCUT2D eigenvalue weighted by Gasteiger charge is 2.60. The molecule has 0 aliphatic heterocycles. The molecule has 0 aromatic heterocycles. The monoisotopic (exact) mass is 529 g/mol. The van der Waals surface area contributed by atoms with E-state index in [0.717, 1.165) is 5.56 Å². The van der Waals surface area contributed by atoms with E-state index < -0.39 is 52.0 Å². The molecule has 0 unspecified atom stereocenters. The van der Waals surface area contributed by atoms with Crippen molar-refractivity contribution in [2.75, 3.05) is 7.11 Å². The first-order valence-corrected chi connectivity index (χ1v) is 12.5. The van der Waals surface area contributed by atoms with E-state index in [1.807, 2.05) is 6.92 Å². The molecule has 1 amide bonds. The standard InChI is InChI=1S/C30H27NO8/c1-3-15-10-16(7-4-14-5-8-19(39-2)9-6-14)25(33)23-20(15)12-17-11-18-13-21(32)24(29(31)37)28(36)30(18,38)27(35)22(17)26(23)34/h5-6,8-10,17-18,33-34,36,38H,3,11-13H2,1-2H3,(H2,31,37)/t17-,18+,30+/m1/s1. The summed E-state index contributed by atoms with van der Waals surface area (Å²) in [6.45, 7) is 1.92. The number of fused-ring (bicyclic) bond motifs is 3. The average Bonchev–Trinajstić information content (AvgIpc) is 2.90.